The molecule has 1 N–H and O–H groups in total. The van der Waals surface area contributed by atoms with E-state index in [1.165, 1.54) is 12.5 Å². The molecule has 1 atom stereocenters. The van der Waals surface area contributed by atoms with Crippen LogP contribution in [0.2, 0.25) is 0 Å². The predicted molar refractivity (Wildman–Crippen MR) is 81.3 cm³/mol. The zero-order chi connectivity index (χ0) is 14.5. The second kappa shape index (κ2) is 6.24. The van der Waals surface area contributed by atoms with Crippen LogP contribution >= 0.6 is 0 Å². The van der Waals surface area contributed by atoms with Crippen LogP contribution < -0.4 is 10.1 Å². The van der Waals surface area contributed by atoms with E-state index in [-0.39, 0.29) is 11.8 Å². The molecular formula is C17H19NO2. The van der Waals surface area contributed by atoms with Crippen LogP contribution in [0.3, 0.4) is 0 Å². The summed E-state index contributed by atoms with van der Waals surface area (Å²) in [6.45, 7) is 3.64. The Morgan fingerprint density at radius 1 is 1.15 bits per heavy atom. The summed E-state index contributed by atoms with van der Waals surface area (Å²) < 4.78 is 5.23. The van der Waals surface area contributed by atoms with E-state index in [0.717, 1.165) is 17.0 Å². The largest absolute Gasteiger partial charge is 0.497 e. The Bertz CT molecular complexity index is 593. The van der Waals surface area contributed by atoms with Crippen molar-refractivity contribution < 1.29 is 9.53 Å². The lowest BCUT2D eigenvalue weighted by Crippen LogP contribution is -2.10. The van der Waals surface area contributed by atoms with Crippen molar-refractivity contribution in [3.05, 3.63) is 59.7 Å². The smallest absolute Gasteiger partial charge is 0.221 e. The topological polar surface area (TPSA) is 38.3 Å². The Morgan fingerprint density at radius 3 is 2.45 bits per heavy atom. The second-order valence-corrected chi connectivity index (χ2v) is 4.77. The van der Waals surface area contributed by atoms with Gasteiger partial charge in [0.15, 0.2) is 0 Å². The highest BCUT2D eigenvalue weighted by molar-refractivity contribution is 5.90. The fourth-order valence-corrected chi connectivity index (χ4v) is 2.26. The number of nitrogens with one attached hydrogen (secondary N) is 1. The number of anilines is 1. The van der Waals surface area contributed by atoms with Gasteiger partial charge < -0.3 is 10.1 Å². The molecule has 0 saturated heterocycles. The third-order valence-electron chi connectivity index (χ3n) is 3.34. The molecule has 0 bridgehead atoms. The molecule has 0 fully saturated rings. The van der Waals surface area contributed by atoms with Gasteiger partial charge in [0.25, 0.3) is 0 Å². The Labute approximate surface area is 119 Å². The lowest BCUT2D eigenvalue weighted by Gasteiger charge is -2.18. The first-order chi connectivity index (χ1) is 9.61. The van der Waals surface area contributed by atoms with Crippen molar-refractivity contribution in [2.45, 2.75) is 19.8 Å². The van der Waals surface area contributed by atoms with Crippen LogP contribution in [0.1, 0.15) is 30.9 Å². The van der Waals surface area contributed by atoms with Gasteiger partial charge in [-0.25, -0.2) is 0 Å². The van der Waals surface area contributed by atoms with Crippen molar-refractivity contribution >= 4 is 11.6 Å². The summed E-state index contributed by atoms with van der Waals surface area (Å²) in [7, 11) is 1.62. The van der Waals surface area contributed by atoms with E-state index in [1.54, 1.807) is 7.11 Å². The van der Waals surface area contributed by atoms with Gasteiger partial charge in [0.2, 0.25) is 5.91 Å². The van der Waals surface area contributed by atoms with Crippen LogP contribution in [0.5, 0.6) is 5.75 Å². The zero-order valence-corrected chi connectivity index (χ0v) is 12.0. The first-order valence-electron chi connectivity index (χ1n) is 6.62. The Hall–Kier alpha value is -2.29. The SMILES string of the molecule is COc1ccc(C(C)c2ccccc2)c(NC(C)=O)c1. The molecule has 1 unspecified atom stereocenters. The maximum Gasteiger partial charge on any atom is 0.221 e. The number of benzene rings is 2. The van der Waals surface area contributed by atoms with E-state index in [0.29, 0.717) is 0 Å². The molecule has 0 heterocycles. The maximum atomic E-state index is 11.4. The van der Waals surface area contributed by atoms with Gasteiger partial charge in [-0.2, -0.15) is 0 Å². The van der Waals surface area contributed by atoms with Gasteiger partial charge in [-0.05, 0) is 17.2 Å². The summed E-state index contributed by atoms with van der Waals surface area (Å²) in [6, 6.07) is 16.0. The first-order valence-corrected chi connectivity index (χ1v) is 6.62. The monoisotopic (exact) mass is 269 g/mol. The molecule has 0 aliphatic heterocycles. The Morgan fingerprint density at radius 2 is 1.85 bits per heavy atom. The highest BCUT2D eigenvalue weighted by atomic mass is 16.5. The van der Waals surface area contributed by atoms with Gasteiger partial charge in [-0.3, -0.25) is 4.79 Å². The molecule has 0 aliphatic carbocycles. The summed E-state index contributed by atoms with van der Waals surface area (Å²) >= 11 is 0. The molecule has 0 radical (unpaired) electrons. The zero-order valence-electron chi connectivity index (χ0n) is 12.0. The van der Waals surface area contributed by atoms with Gasteiger partial charge in [-0.15, -0.1) is 0 Å². The molecule has 3 heteroatoms. The third-order valence-corrected chi connectivity index (χ3v) is 3.34. The van der Waals surface area contributed by atoms with Crippen LogP contribution in [0.15, 0.2) is 48.5 Å². The molecular weight excluding hydrogens is 250 g/mol. The van der Waals surface area contributed by atoms with Crippen LogP contribution in [-0.4, -0.2) is 13.0 Å². The van der Waals surface area contributed by atoms with Crippen molar-refractivity contribution in [1.29, 1.82) is 0 Å². The predicted octanol–water partition coefficient (Wildman–Crippen LogP) is 3.81. The number of rotatable bonds is 4. The minimum Gasteiger partial charge on any atom is -0.497 e. The Balaban J connectivity index is 2.41. The fraction of sp³-hybridized carbons (Fsp3) is 0.235. The number of amides is 1. The average Bonchev–Trinajstić information content (AvgIpc) is 2.46. The minimum absolute atomic E-state index is 0.0836. The highest BCUT2D eigenvalue weighted by Gasteiger charge is 2.14. The molecule has 3 nitrogen and oxygen atoms in total. The number of methoxy groups -OCH3 is 1. The molecule has 2 aromatic carbocycles. The minimum atomic E-state index is -0.0836. The van der Waals surface area contributed by atoms with Gasteiger partial charge in [0.1, 0.15) is 5.75 Å². The highest BCUT2D eigenvalue weighted by Crippen LogP contribution is 2.32. The van der Waals surface area contributed by atoms with Crippen molar-refractivity contribution in [3.63, 3.8) is 0 Å². The molecule has 20 heavy (non-hydrogen) atoms. The van der Waals surface area contributed by atoms with Crippen molar-refractivity contribution in [2.75, 3.05) is 12.4 Å². The van der Waals surface area contributed by atoms with E-state index in [2.05, 4.69) is 24.4 Å². The van der Waals surface area contributed by atoms with Crippen LogP contribution in [0.25, 0.3) is 0 Å². The van der Waals surface area contributed by atoms with E-state index in [1.807, 2.05) is 36.4 Å². The molecule has 0 saturated carbocycles. The van der Waals surface area contributed by atoms with Crippen LogP contribution in [-0.2, 0) is 4.79 Å². The summed E-state index contributed by atoms with van der Waals surface area (Å²) in [5.41, 5.74) is 3.09. The molecule has 104 valence electrons. The molecule has 2 aromatic rings. The molecule has 1 amide bonds. The number of carbonyl (C=O) groups excluding carboxylic acids is 1. The van der Waals surface area contributed by atoms with Gasteiger partial charge in [0, 0.05) is 24.6 Å². The quantitative estimate of drug-likeness (QED) is 0.916. The lowest BCUT2D eigenvalue weighted by atomic mass is 9.91. The van der Waals surface area contributed by atoms with Gasteiger partial charge in [0.05, 0.1) is 7.11 Å². The van der Waals surface area contributed by atoms with Crippen molar-refractivity contribution in [3.8, 4) is 5.75 Å². The molecule has 0 spiro atoms. The number of carbonyl (C=O) groups is 1. The molecule has 0 aliphatic rings. The maximum absolute atomic E-state index is 11.4. The van der Waals surface area contributed by atoms with Gasteiger partial charge in [-0.1, -0.05) is 43.3 Å². The normalized spacial score (nSPS) is 11.8. The molecule has 2 rings (SSSR count). The number of ether oxygens (including phenoxy) is 1. The molecule has 0 aromatic heterocycles. The second-order valence-electron chi connectivity index (χ2n) is 4.77. The summed E-state index contributed by atoms with van der Waals surface area (Å²) in [6.07, 6.45) is 0. The Kier molecular flexibility index (Phi) is 4.41. The van der Waals surface area contributed by atoms with E-state index in [4.69, 9.17) is 4.74 Å². The van der Waals surface area contributed by atoms with Crippen molar-refractivity contribution in [2.24, 2.45) is 0 Å². The van der Waals surface area contributed by atoms with Crippen molar-refractivity contribution in [1.82, 2.24) is 0 Å². The number of hydrogen-bond donors (Lipinski definition) is 1. The summed E-state index contributed by atoms with van der Waals surface area (Å²) in [5, 5.41) is 2.88. The average molecular weight is 269 g/mol. The lowest BCUT2D eigenvalue weighted by molar-refractivity contribution is -0.114. The van der Waals surface area contributed by atoms with Gasteiger partial charge >= 0.3 is 0 Å². The van der Waals surface area contributed by atoms with E-state index < -0.39 is 0 Å². The fourth-order valence-electron chi connectivity index (χ4n) is 2.26. The standard InChI is InChI=1S/C17H19NO2/c1-12(14-7-5-4-6-8-14)16-10-9-15(20-3)11-17(16)18-13(2)19/h4-12H,1-3H3,(H,18,19). The van der Waals surface area contributed by atoms with Crippen LogP contribution in [0.4, 0.5) is 5.69 Å². The summed E-state index contributed by atoms with van der Waals surface area (Å²) in [4.78, 5) is 11.4. The first kappa shape index (κ1) is 14.1. The van der Waals surface area contributed by atoms with Crippen LogP contribution in [0, 0.1) is 0 Å². The summed E-state index contributed by atoms with van der Waals surface area (Å²) in [5.74, 6) is 0.849. The van der Waals surface area contributed by atoms with E-state index >= 15 is 0 Å². The third kappa shape index (κ3) is 3.18. The number of hydrogen-bond acceptors (Lipinski definition) is 2. The van der Waals surface area contributed by atoms with E-state index in [9.17, 15) is 4.79 Å².